The van der Waals surface area contributed by atoms with Crippen LogP contribution < -0.4 is 10.6 Å². The van der Waals surface area contributed by atoms with Crippen molar-refractivity contribution >= 4 is 33.5 Å². The van der Waals surface area contributed by atoms with Crippen molar-refractivity contribution in [1.82, 2.24) is 15.3 Å². The topological polar surface area (TPSA) is 113 Å². The van der Waals surface area contributed by atoms with E-state index < -0.39 is 11.7 Å². The van der Waals surface area contributed by atoms with Gasteiger partial charge in [-0.05, 0) is 52.3 Å². The molecule has 0 aliphatic rings. The smallest absolute Gasteiger partial charge is 0.407 e. The Labute approximate surface area is 179 Å². The highest BCUT2D eigenvalue weighted by Gasteiger charge is 2.21. The quantitative estimate of drug-likeness (QED) is 0.594. The number of ether oxygens (including phenoxy) is 1. The zero-order valence-electron chi connectivity index (χ0n) is 17.7. The molecule has 0 aromatic carbocycles. The van der Waals surface area contributed by atoms with Crippen molar-refractivity contribution in [3.8, 4) is 6.07 Å². The van der Waals surface area contributed by atoms with Crippen molar-refractivity contribution in [2.75, 3.05) is 5.32 Å². The number of anilines is 1. The van der Waals surface area contributed by atoms with Gasteiger partial charge in [0.15, 0.2) is 0 Å². The van der Waals surface area contributed by atoms with Crippen molar-refractivity contribution in [1.29, 1.82) is 5.26 Å². The molecule has 3 rings (SSSR count). The van der Waals surface area contributed by atoms with E-state index in [4.69, 9.17) is 9.15 Å². The van der Waals surface area contributed by atoms with Crippen molar-refractivity contribution in [2.24, 2.45) is 0 Å². The number of thiophene rings is 1. The maximum Gasteiger partial charge on any atom is 0.407 e. The van der Waals surface area contributed by atoms with Crippen molar-refractivity contribution < 1.29 is 13.9 Å². The van der Waals surface area contributed by atoms with Gasteiger partial charge in [0.2, 0.25) is 5.82 Å². The monoisotopic (exact) mass is 427 g/mol. The van der Waals surface area contributed by atoms with Gasteiger partial charge in [-0.25, -0.2) is 14.8 Å². The van der Waals surface area contributed by atoms with Gasteiger partial charge in [-0.15, -0.1) is 11.3 Å². The number of hydrogen-bond acceptors (Lipinski definition) is 8. The number of carbonyl (C=O) groups is 1. The molecular weight excluding hydrogens is 402 g/mol. The summed E-state index contributed by atoms with van der Waals surface area (Å²) in [4.78, 5) is 21.8. The van der Waals surface area contributed by atoms with Gasteiger partial charge in [0.1, 0.15) is 23.2 Å². The Hall–Kier alpha value is -3.12. The normalized spacial score (nSPS) is 12.4. The van der Waals surface area contributed by atoms with Crippen LogP contribution in [0.15, 0.2) is 22.8 Å². The van der Waals surface area contributed by atoms with Gasteiger partial charge < -0.3 is 19.8 Å². The predicted molar refractivity (Wildman–Crippen MR) is 115 cm³/mol. The number of nitrogens with one attached hydrogen (secondary N) is 2. The molecule has 0 bridgehead atoms. The molecule has 8 nitrogen and oxygen atoms in total. The van der Waals surface area contributed by atoms with Crippen LogP contribution in [-0.4, -0.2) is 27.7 Å². The first-order valence-corrected chi connectivity index (χ1v) is 10.4. The second-order valence-electron chi connectivity index (χ2n) is 8.02. The van der Waals surface area contributed by atoms with Crippen LogP contribution in [0.25, 0.3) is 10.2 Å². The number of nitriles is 1. The second kappa shape index (κ2) is 8.71. The molecular formula is C21H25N5O3S. The van der Waals surface area contributed by atoms with Gasteiger partial charge >= 0.3 is 6.09 Å². The zero-order valence-corrected chi connectivity index (χ0v) is 18.5. The lowest BCUT2D eigenvalue weighted by Crippen LogP contribution is -2.38. The summed E-state index contributed by atoms with van der Waals surface area (Å²) in [5.41, 5.74) is 1.18. The number of aromatic nitrogens is 2. The van der Waals surface area contributed by atoms with Crippen LogP contribution in [0.5, 0.6) is 0 Å². The molecule has 9 heteroatoms. The third-order valence-electron chi connectivity index (χ3n) is 4.23. The second-order valence-corrected chi connectivity index (χ2v) is 9.13. The van der Waals surface area contributed by atoms with Gasteiger partial charge in [-0.3, -0.25) is 0 Å². The number of aryl methyl sites for hydroxylation is 1. The number of alkyl carbamates (subject to hydrolysis) is 1. The molecule has 30 heavy (non-hydrogen) atoms. The van der Waals surface area contributed by atoms with Gasteiger partial charge in [0, 0.05) is 17.3 Å². The Kier molecular flexibility index (Phi) is 6.27. The number of nitrogens with zero attached hydrogens (tertiary/aromatic N) is 3. The van der Waals surface area contributed by atoms with E-state index in [0.29, 0.717) is 18.8 Å². The lowest BCUT2D eigenvalue weighted by molar-refractivity contribution is 0.0508. The van der Waals surface area contributed by atoms with E-state index in [1.807, 2.05) is 52.8 Å². The van der Waals surface area contributed by atoms with Crippen LogP contribution in [0.4, 0.5) is 10.6 Å². The average molecular weight is 428 g/mol. The van der Waals surface area contributed by atoms with Gasteiger partial charge in [0.25, 0.3) is 0 Å². The fourth-order valence-corrected chi connectivity index (χ4v) is 4.26. The number of fused-ring (bicyclic) bond motifs is 1. The molecule has 0 saturated heterocycles. The predicted octanol–water partition coefficient (Wildman–Crippen LogP) is 4.53. The molecule has 0 radical (unpaired) electrons. The van der Waals surface area contributed by atoms with Gasteiger partial charge in [0.05, 0.1) is 23.0 Å². The highest BCUT2D eigenvalue weighted by atomic mass is 32.1. The zero-order chi connectivity index (χ0) is 21.9. The fourth-order valence-electron chi connectivity index (χ4n) is 2.92. The molecule has 2 N–H and O–H groups in total. The van der Waals surface area contributed by atoms with E-state index >= 15 is 0 Å². The first kappa shape index (κ1) is 21.6. The largest absolute Gasteiger partial charge is 0.467 e. The molecule has 3 aromatic rings. The van der Waals surface area contributed by atoms with Gasteiger partial charge in [-0.2, -0.15) is 5.26 Å². The molecule has 3 heterocycles. The van der Waals surface area contributed by atoms with E-state index in [1.54, 1.807) is 17.6 Å². The number of hydrogen-bond donors (Lipinski definition) is 2. The third-order valence-corrected chi connectivity index (χ3v) is 5.54. The number of amides is 1. The summed E-state index contributed by atoms with van der Waals surface area (Å²) in [5.74, 6) is 1.47. The Bertz CT molecular complexity index is 1080. The minimum absolute atomic E-state index is 0.108. The summed E-state index contributed by atoms with van der Waals surface area (Å²) >= 11 is 1.56. The molecule has 0 saturated carbocycles. The molecule has 3 aromatic heterocycles. The Balaban J connectivity index is 1.82. The maximum atomic E-state index is 12.0. The maximum absolute atomic E-state index is 12.0. The Morgan fingerprint density at radius 2 is 2.17 bits per heavy atom. The summed E-state index contributed by atoms with van der Waals surface area (Å²) < 4.78 is 11.6. The summed E-state index contributed by atoms with van der Waals surface area (Å²) in [6, 6.07) is 5.58. The van der Waals surface area contributed by atoms with Gasteiger partial charge in [-0.1, -0.05) is 0 Å². The van der Waals surface area contributed by atoms with Crippen molar-refractivity contribution in [3.05, 3.63) is 40.4 Å². The molecule has 0 unspecified atom stereocenters. The molecule has 158 valence electrons. The summed E-state index contributed by atoms with van der Waals surface area (Å²) in [5, 5.41) is 15.4. The SMILES string of the molecule is Cc1c(C[C@H](C)NC(=O)OC(C)(C)C)sc2c(NCc3ccco3)nc(C#N)nc12. The van der Waals surface area contributed by atoms with E-state index in [-0.39, 0.29) is 11.9 Å². The van der Waals surface area contributed by atoms with E-state index in [1.165, 1.54) is 0 Å². The van der Waals surface area contributed by atoms with Crippen molar-refractivity contribution in [3.63, 3.8) is 0 Å². The van der Waals surface area contributed by atoms with Crippen LogP contribution in [0.1, 0.15) is 49.7 Å². The summed E-state index contributed by atoms with van der Waals surface area (Å²) in [6.07, 6.45) is 1.78. The molecule has 0 aliphatic carbocycles. The lowest BCUT2D eigenvalue weighted by Gasteiger charge is -2.21. The first-order valence-electron chi connectivity index (χ1n) is 9.62. The highest BCUT2D eigenvalue weighted by molar-refractivity contribution is 7.19. The van der Waals surface area contributed by atoms with E-state index in [0.717, 1.165) is 26.4 Å². The summed E-state index contributed by atoms with van der Waals surface area (Å²) in [7, 11) is 0. The third kappa shape index (κ3) is 5.27. The standard InChI is InChI=1S/C21H25N5O3S/c1-12(24-20(27)29-21(3,4)5)9-15-13(2)17-18(30-15)19(26-16(10-22)25-17)23-11-14-7-6-8-28-14/h6-8,12H,9,11H2,1-5H3,(H,24,27)(H,23,25,26)/t12-/m0/s1. The van der Waals surface area contributed by atoms with Crippen LogP contribution in [0, 0.1) is 18.3 Å². The minimum atomic E-state index is -0.546. The number of furan rings is 1. The molecule has 0 spiro atoms. The van der Waals surface area contributed by atoms with Crippen LogP contribution in [0.2, 0.25) is 0 Å². The van der Waals surface area contributed by atoms with Crippen molar-refractivity contribution in [2.45, 2.75) is 59.2 Å². The van der Waals surface area contributed by atoms with Crippen LogP contribution in [0.3, 0.4) is 0 Å². The highest BCUT2D eigenvalue weighted by Crippen LogP contribution is 2.35. The average Bonchev–Trinajstić information content (AvgIpc) is 3.27. The molecule has 0 fully saturated rings. The Morgan fingerprint density at radius 3 is 2.80 bits per heavy atom. The molecule has 0 aliphatic heterocycles. The number of carbonyl (C=O) groups excluding carboxylic acids is 1. The Morgan fingerprint density at radius 1 is 1.40 bits per heavy atom. The molecule has 1 amide bonds. The minimum Gasteiger partial charge on any atom is -0.467 e. The van der Waals surface area contributed by atoms with E-state index in [9.17, 15) is 10.1 Å². The lowest BCUT2D eigenvalue weighted by atomic mass is 10.1. The van der Waals surface area contributed by atoms with Crippen LogP contribution >= 0.6 is 11.3 Å². The first-order chi connectivity index (χ1) is 14.2. The molecule has 1 atom stereocenters. The fraction of sp³-hybridized carbons (Fsp3) is 0.429. The van der Waals surface area contributed by atoms with E-state index in [2.05, 4.69) is 20.6 Å². The summed E-state index contributed by atoms with van der Waals surface area (Å²) in [6.45, 7) is 9.84. The number of rotatable bonds is 6. The van der Waals surface area contributed by atoms with Crippen LogP contribution in [-0.2, 0) is 17.7 Å².